The minimum atomic E-state index is -0.455. The highest BCUT2D eigenvalue weighted by molar-refractivity contribution is 6.31. The molecule has 9 heterocycles. The highest BCUT2D eigenvalue weighted by Crippen LogP contribution is 2.28. The summed E-state index contributed by atoms with van der Waals surface area (Å²) in [5.74, 6) is -0.715. The van der Waals surface area contributed by atoms with Crippen LogP contribution in [-0.4, -0.2) is 69.7 Å². The molecule has 0 bridgehead atoms. The number of pyridine rings is 9. The number of hydrogen-bond acceptors (Lipinski definition) is 17. The fourth-order valence-corrected chi connectivity index (χ4v) is 10.2. The van der Waals surface area contributed by atoms with Gasteiger partial charge in [-0.1, -0.05) is 78.6 Å². The van der Waals surface area contributed by atoms with Crippen LogP contribution in [0.25, 0.3) is 32.7 Å². The summed E-state index contributed by atoms with van der Waals surface area (Å²) in [6.45, 7) is 6.75. The number of aromatic nitrogens is 9. The number of amides is 2. The molecular weight excluding hydrogens is 1290 g/mol. The molecule has 0 aliphatic heterocycles. The number of fused-ring (bicyclic) bond motifs is 3. The predicted octanol–water partition coefficient (Wildman–Crippen LogP) is 13.3. The number of nitrogens with zero attached hydrogens (tertiary/aromatic N) is 9. The van der Waals surface area contributed by atoms with Crippen molar-refractivity contribution in [1.29, 1.82) is 0 Å². The number of carbonyl (C=O) groups is 3. The minimum Gasteiger partial charge on any atom is -0.465 e. The minimum absolute atomic E-state index is 0. The van der Waals surface area contributed by atoms with Gasteiger partial charge in [-0.2, -0.15) is 0 Å². The van der Waals surface area contributed by atoms with Crippen molar-refractivity contribution in [3.63, 3.8) is 0 Å². The monoisotopic (exact) mass is 1350 g/mol. The quantitative estimate of drug-likeness (QED) is 0.0551. The van der Waals surface area contributed by atoms with Crippen LogP contribution < -0.4 is 33.6 Å². The van der Waals surface area contributed by atoms with Crippen molar-refractivity contribution in [3.8, 4) is 0 Å². The number of hydrogen-bond donors (Lipinski definition) is 6. The van der Waals surface area contributed by atoms with Gasteiger partial charge in [0.2, 0.25) is 0 Å². The Kier molecular flexibility index (Phi) is 24.3. The van der Waals surface area contributed by atoms with Gasteiger partial charge in [0, 0.05) is 138 Å². The summed E-state index contributed by atoms with van der Waals surface area (Å²) < 4.78 is 49.2. The fourth-order valence-electron chi connectivity index (χ4n) is 9.77. The molecule has 96 heavy (non-hydrogen) atoms. The summed E-state index contributed by atoms with van der Waals surface area (Å²) in [6, 6.07) is 35.3. The van der Waals surface area contributed by atoms with E-state index < -0.39 is 17.6 Å². The molecule has 3 aromatic carbocycles. The molecule has 25 heteroatoms. The van der Waals surface area contributed by atoms with Gasteiger partial charge in [0.1, 0.15) is 34.9 Å². The first kappa shape index (κ1) is 71.1. The number of methoxy groups -OCH3 is 1. The van der Waals surface area contributed by atoms with E-state index in [9.17, 15) is 27.6 Å². The summed E-state index contributed by atoms with van der Waals surface area (Å²) in [5, 5.41) is 7.90. The van der Waals surface area contributed by atoms with Crippen LogP contribution in [0.2, 0.25) is 15.1 Å². The maximum absolute atomic E-state index is 14.9. The highest BCUT2D eigenvalue weighted by Gasteiger charge is 2.17. The van der Waals surface area contributed by atoms with Crippen LogP contribution in [0, 0.1) is 38.2 Å². The van der Waals surface area contributed by atoms with Crippen molar-refractivity contribution in [2.45, 2.75) is 67.1 Å². The average Bonchev–Trinajstić information content (AvgIpc) is 0.820. The largest absolute Gasteiger partial charge is 0.465 e. The van der Waals surface area contributed by atoms with Crippen molar-refractivity contribution in [2.24, 2.45) is 5.73 Å². The Morgan fingerprint density at radius 3 is 1.07 bits per heavy atom. The Morgan fingerprint density at radius 2 is 0.750 bits per heavy atom. The molecule has 0 unspecified atom stereocenters. The summed E-state index contributed by atoms with van der Waals surface area (Å²) in [4.78, 5) is 74.3. The molecule has 0 radical (unpaired) electrons. The van der Waals surface area contributed by atoms with Crippen molar-refractivity contribution >= 4 is 103 Å². The van der Waals surface area contributed by atoms with Gasteiger partial charge in [-0.15, -0.1) is 0 Å². The predicted molar refractivity (Wildman–Crippen MR) is 370 cm³/mol. The highest BCUT2D eigenvalue weighted by atomic mass is 35.5. The van der Waals surface area contributed by atoms with Gasteiger partial charge in [0.05, 0.1) is 44.3 Å². The van der Waals surface area contributed by atoms with Crippen LogP contribution in [0.5, 0.6) is 0 Å². The van der Waals surface area contributed by atoms with Crippen molar-refractivity contribution in [1.82, 2.24) is 55.5 Å². The smallest absolute Gasteiger partial charge is 0.337 e. The van der Waals surface area contributed by atoms with E-state index in [0.717, 1.165) is 33.8 Å². The van der Waals surface area contributed by atoms with Gasteiger partial charge in [0.25, 0.3) is 11.8 Å². The van der Waals surface area contributed by atoms with E-state index in [2.05, 4.69) is 60.2 Å². The van der Waals surface area contributed by atoms with E-state index in [1.807, 2.05) is 39.0 Å². The number of nitrogen functional groups attached to an aromatic ring is 3. The van der Waals surface area contributed by atoms with Crippen LogP contribution in [0.15, 0.2) is 165 Å². The first-order chi connectivity index (χ1) is 45.6. The Morgan fingerprint density at radius 1 is 0.438 bits per heavy atom. The number of nitrogens with two attached hydrogens (primary N) is 4. The van der Waals surface area contributed by atoms with Gasteiger partial charge in [-0.05, 0) is 145 Å². The number of carbonyl (C=O) groups excluding carboxylic acids is 3. The molecule has 9 aromatic heterocycles. The molecule has 0 atom stereocenters. The molecule has 12 aromatic rings. The molecule has 12 rings (SSSR count). The first-order valence-electron chi connectivity index (χ1n) is 29.2. The molecule has 0 saturated carbocycles. The molecule has 0 aliphatic rings. The maximum Gasteiger partial charge on any atom is 0.337 e. The lowest BCUT2D eigenvalue weighted by atomic mass is 10.0. The molecule has 0 saturated heterocycles. The second-order valence-electron chi connectivity index (χ2n) is 21.4. The second kappa shape index (κ2) is 32.9. The maximum atomic E-state index is 14.9. The lowest BCUT2D eigenvalue weighted by molar-refractivity contribution is 0.0600. The van der Waals surface area contributed by atoms with Gasteiger partial charge in [0.15, 0.2) is 0 Å². The first-order valence-corrected chi connectivity index (χ1v) is 30.3. The van der Waals surface area contributed by atoms with E-state index in [1.165, 1.54) is 44.3 Å². The van der Waals surface area contributed by atoms with Crippen molar-refractivity contribution < 1.29 is 32.3 Å². The van der Waals surface area contributed by atoms with Gasteiger partial charge in [-0.25, -0.2) is 32.9 Å². The van der Waals surface area contributed by atoms with Gasteiger partial charge < -0.3 is 38.3 Å². The fraction of sp³-hybridized carbons (Fsp3) is 0.155. The number of anilines is 3. The van der Waals surface area contributed by atoms with Crippen molar-refractivity contribution in [3.05, 3.63) is 281 Å². The Hall–Kier alpha value is -10.8. The van der Waals surface area contributed by atoms with E-state index in [4.69, 9.17) is 57.7 Å². The molecule has 490 valence electrons. The van der Waals surface area contributed by atoms with Gasteiger partial charge >= 0.3 is 5.97 Å². The standard InChI is InChI=1S/2C23H19ClFN5O.C17H12ClFN2O2.C7H11N3.CH4/c2*1-13-16(3-5-21(26)30-13)11-29-23(31)15-6-7-27-18(9-15)8-14-2-4-20-19(22(14)25)10-17(24)12-28-20;1-23-17(22)11-4-5-20-13(7-11)6-10-2-3-15-14(16(10)19)8-12(18)9-21-15;1-5-6(4-8)2-3-7(9)10-5;/h2*2-7,9-10,12H,8,11H2,1H3,(H2,26,30)(H,29,31);2-5,7-9H,6H2,1H3;2-3H,4,8H2,1H3,(H2,9,10);1H4. The summed E-state index contributed by atoms with van der Waals surface area (Å²) in [5.41, 5.74) is 33.3. The third-order valence-corrected chi connectivity index (χ3v) is 15.4. The zero-order chi connectivity index (χ0) is 67.9. The molecule has 19 nitrogen and oxygen atoms in total. The summed E-state index contributed by atoms with van der Waals surface area (Å²) in [6.07, 6.45) is 9.73. The molecule has 2 amide bonds. The number of halogens is 6. The van der Waals surface area contributed by atoms with Crippen LogP contribution in [0.3, 0.4) is 0 Å². The van der Waals surface area contributed by atoms with E-state index in [1.54, 1.807) is 109 Å². The third-order valence-electron chi connectivity index (χ3n) is 14.8. The summed E-state index contributed by atoms with van der Waals surface area (Å²) in [7, 11) is 1.31. The van der Waals surface area contributed by atoms with Crippen LogP contribution >= 0.6 is 34.8 Å². The molecule has 0 spiro atoms. The normalized spacial score (nSPS) is 10.7. The Balaban J connectivity index is 0.000000172. The molecule has 0 fully saturated rings. The number of ether oxygens (including phenoxy) is 1. The number of aryl methyl sites for hydroxylation is 3. The lowest BCUT2D eigenvalue weighted by Gasteiger charge is -2.10. The van der Waals surface area contributed by atoms with Crippen LogP contribution in [0.1, 0.15) is 106 Å². The number of benzene rings is 3. The number of esters is 1. The van der Waals surface area contributed by atoms with E-state index in [-0.39, 0.29) is 44.3 Å². The van der Waals surface area contributed by atoms with Crippen molar-refractivity contribution in [2.75, 3.05) is 24.3 Å². The molecule has 0 aliphatic carbocycles. The van der Waals surface area contributed by atoms with Gasteiger partial charge in [-0.3, -0.25) is 39.5 Å². The lowest BCUT2D eigenvalue weighted by Crippen LogP contribution is -2.23. The van der Waals surface area contributed by atoms with Crippen LogP contribution in [-0.2, 0) is 43.6 Å². The van der Waals surface area contributed by atoms with E-state index >= 15 is 0 Å². The Bertz CT molecular complexity index is 4640. The zero-order valence-electron chi connectivity index (χ0n) is 51.6. The summed E-state index contributed by atoms with van der Waals surface area (Å²) >= 11 is 17.8. The third kappa shape index (κ3) is 18.5. The second-order valence-corrected chi connectivity index (χ2v) is 22.7. The number of nitrogens with one attached hydrogen (secondary N) is 2. The molecule has 10 N–H and O–H groups in total. The molecular formula is C71H65Cl3F3N15O4. The zero-order valence-corrected chi connectivity index (χ0v) is 53.8. The average molecular weight is 1360 g/mol. The SMILES string of the molecule is C.COC(=O)c1ccnc(Cc2ccc3ncc(Cl)cc3c2F)c1.Cc1nc(N)ccc1CN.Cc1nc(N)ccc1CNC(=O)c1ccnc(Cc2ccc3ncc(Cl)cc3c2F)c1.Cc1nc(N)ccc1CNC(=O)c1ccnc(Cc2ccc3ncc(Cl)cc3c2F)c1. The topological polar surface area (TPSA) is 305 Å². The van der Waals surface area contributed by atoms with E-state index in [0.29, 0.717) is 135 Å². The number of rotatable bonds is 14. The Labute approximate surface area is 566 Å². The van der Waals surface area contributed by atoms with Crippen LogP contribution in [0.4, 0.5) is 30.6 Å².